The van der Waals surface area contributed by atoms with Crippen LogP contribution in [0.25, 0.3) is 0 Å². The van der Waals surface area contributed by atoms with Crippen molar-refractivity contribution in [1.29, 1.82) is 0 Å². The molecule has 3 aliphatic carbocycles. The van der Waals surface area contributed by atoms with Crippen LogP contribution in [0.5, 0.6) is 0 Å². The molecule has 0 radical (unpaired) electrons. The Kier molecular flexibility index (Phi) is 3.56. The van der Waals surface area contributed by atoms with Crippen molar-refractivity contribution in [2.75, 3.05) is 13.1 Å². The fourth-order valence-electron chi connectivity index (χ4n) is 3.71. The molecular weight excluding hydrogens is 238 g/mol. The number of nitrogens with zero attached hydrogens (tertiary/aromatic N) is 1. The molecule has 3 saturated carbocycles. The number of hydrogen-bond acceptors (Lipinski definition) is 3. The van der Waals surface area contributed by atoms with Crippen molar-refractivity contribution in [1.82, 2.24) is 10.2 Å². The monoisotopic (exact) mass is 265 g/mol. The van der Waals surface area contributed by atoms with Gasteiger partial charge in [0.25, 0.3) is 0 Å². The van der Waals surface area contributed by atoms with Crippen molar-refractivity contribution < 1.29 is 4.79 Å². The maximum atomic E-state index is 11.8. The normalized spacial score (nSPS) is 34.9. The minimum Gasteiger partial charge on any atom is -0.368 e. The van der Waals surface area contributed by atoms with Gasteiger partial charge < -0.3 is 11.1 Å². The lowest BCUT2D eigenvalue weighted by atomic mass is 9.96. The van der Waals surface area contributed by atoms with E-state index < -0.39 is 5.54 Å². The fraction of sp³-hybridized carbons (Fsp3) is 0.933. The van der Waals surface area contributed by atoms with Crippen LogP contribution in [0.1, 0.15) is 51.9 Å². The van der Waals surface area contributed by atoms with Gasteiger partial charge in [0.05, 0.1) is 5.54 Å². The quantitative estimate of drug-likeness (QED) is 0.728. The maximum absolute atomic E-state index is 11.8. The highest BCUT2D eigenvalue weighted by molar-refractivity contribution is 5.85. The van der Waals surface area contributed by atoms with Crippen molar-refractivity contribution in [3.8, 4) is 0 Å². The first-order valence-corrected chi connectivity index (χ1v) is 7.95. The molecule has 0 aromatic rings. The smallest absolute Gasteiger partial charge is 0.237 e. The number of primary amides is 1. The molecule has 3 fully saturated rings. The summed E-state index contributed by atoms with van der Waals surface area (Å²) in [5.74, 6) is 0.780. The standard InChI is InChI=1S/C15H27N3O/c1-2-17-15(14(16)19)8-7-13(9-15)18(12-5-6-12)10-11-3-4-11/h11-13,17H,2-10H2,1H3,(H2,16,19). The van der Waals surface area contributed by atoms with Crippen molar-refractivity contribution in [3.05, 3.63) is 0 Å². The Balaban J connectivity index is 1.66. The summed E-state index contributed by atoms with van der Waals surface area (Å²) in [4.78, 5) is 14.6. The molecule has 0 heterocycles. The van der Waals surface area contributed by atoms with Crippen LogP contribution in [-0.4, -0.2) is 41.5 Å². The highest BCUT2D eigenvalue weighted by Gasteiger charge is 2.48. The van der Waals surface area contributed by atoms with Crippen molar-refractivity contribution in [2.24, 2.45) is 11.7 Å². The van der Waals surface area contributed by atoms with E-state index in [0.29, 0.717) is 6.04 Å². The van der Waals surface area contributed by atoms with Crippen molar-refractivity contribution in [3.63, 3.8) is 0 Å². The number of nitrogens with one attached hydrogen (secondary N) is 1. The van der Waals surface area contributed by atoms with E-state index >= 15 is 0 Å². The number of carbonyl (C=O) groups is 1. The van der Waals surface area contributed by atoms with Crippen LogP contribution in [-0.2, 0) is 4.79 Å². The Hall–Kier alpha value is -0.610. The highest BCUT2D eigenvalue weighted by Crippen LogP contribution is 2.41. The largest absolute Gasteiger partial charge is 0.368 e. The van der Waals surface area contributed by atoms with Gasteiger partial charge in [-0.25, -0.2) is 0 Å². The maximum Gasteiger partial charge on any atom is 0.237 e. The Bertz CT molecular complexity index is 351. The minimum absolute atomic E-state index is 0.154. The Morgan fingerprint density at radius 3 is 2.53 bits per heavy atom. The van der Waals surface area contributed by atoms with Gasteiger partial charge in [0, 0.05) is 18.6 Å². The van der Waals surface area contributed by atoms with Crippen LogP contribution in [0.15, 0.2) is 0 Å². The van der Waals surface area contributed by atoms with Gasteiger partial charge in [-0.05, 0) is 57.4 Å². The zero-order valence-electron chi connectivity index (χ0n) is 12.0. The number of amides is 1. The van der Waals surface area contributed by atoms with E-state index in [9.17, 15) is 4.79 Å². The third-order valence-corrected chi connectivity index (χ3v) is 5.13. The number of rotatable bonds is 7. The molecule has 0 aliphatic heterocycles. The second-order valence-electron chi connectivity index (χ2n) is 6.74. The summed E-state index contributed by atoms with van der Waals surface area (Å²) in [7, 11) is 0. The molecule has 2 atom stereocenters. The summed E-state index contributed by atoms with van der Waals surface area (Å²) in [6, 6.07) is 1.37. The van der Waals surface area contributed by atoms with Gasteiger partial charge in [-0.3, -0.25) is 9.69 Å². The predicted molar refractivity (Wildman–Crippen MR) is 75.7 cm³/mol. The Morgan fingerprint density at radius 1 is 1.26 bits per heavy atom. The summed E-state index contributed by atoms with van der Waals surface area (Å²) in [6.07, 6.45) is 8.48. The molecular formula is C15H27N3O. The topological polar surface area (TPSA) is 58.4 Å². The molecule has 3 rings (SSSR count). The predicted octanol–water partition coefficient (Wildman–Crippen LogP) is 1.25. The molecule has 0 saturated heterocycles. The molecule has 0 aromatic carbocycles. The van der Waals surface area contributed by atoms with E-state index in [-0.39, 0.29) is 5.91 Å². The summed E-state index contributed by atoms with van der Waals surface area (Å²) in [5, 5.41) is 3.37. The Morgan fingerprint density at radius 2 is 2.00 bits per heavy atom. The first-order chi connectivity index (χ1) is 9.14. The lowest BCUT2D eigenvalue weighted by molar-refractivity contribution is -0.124. The lowest BCUT2D eigenvalue weighted by Gasteiger charge is -2.32. The first-order valence-electron chi connectivity index (χ1n) is 7.95. The van der Waals surface area contributed by atoms with Gasteiger partial charge in [0.2, 0.25) is 5.91 Å². The summed E-state index contributed by atoms with van der Waals surface area (Å²) >= 11 is 0. The van der Waals surface area contributed by atoms with Gasteiger partial charge in [-0.15, -0.1) is 0 Å². The molecule has 1 amide bonds. The van der Waals surface area contributed by atoms with Gasteiger partial charge in [-0.1, -0.05) is 6.92 Å². The number of nitrogens with two attached hydrogens (primary N) is 1. The molecule has 3 aliphatic rings. The van der Waals surface area contributed by atoms with Crippen LogP contribution in [0.2, 0.25) is 0 Å². The fourth-order valence-corrected chi connectivity index (χ4v) is 3.71. The minimum atomic E-state index is -0.434. The highest BCUT2D eigenvalue weighted by atomic mass is 16.1. The molecule has 4 heteroatoms. The summed E-state index contributed by atoms with van der Waals surface area (Å²) in [6.45, 7) is 4.14. The molecule has 0 bridgehead atoms. The average molecular weight is 265 g/mol. The molecule has 108 valence electrons. The third kappa shape index (κ3) is 2.79. The number of hydrogen-bond donors (Lipinski definition) is 2. The summed E-state index contributed by atoms with van der Waals surface area (Å²) < 4.78 is 0. The van der Waals surface area contributed by atoms with Crippen molar-refractivity contribution in [2.45, 2.75) is 69.5 Å². The SMILES string of the molecule is CCNC1(C(N)=O)CCC(N(CC2CC2)C2CC2)C1. The van der Waals surface area contributed by atoms with Gasteiger partial charge in [0.1, 0.15) is 0 Å². The summed E-state index contributed by atoms with van der Waals surface area (Å²) in [5.41, 5.74) is 5.23. The lowest BCUT2D eigenvalue weighted by Crippen LogP contribution is -2.54. The second-order valence-corrected chi connectivity index (χ2v) is 6.74. The first kappa shape index (κ1) is 13.4. The van der Waals surface area contributed by atoms with Gasteiger partial charge >= 0.3 is 0 Å². The Labute approximate surface area is 116 Å². The van der Waals surface area contributed by atoms with E-state index in [0.717, 1.165) is 37.8 Å². The van der Waals surface area contributed by atoms with Crippen LogP contribution >= 0.6 is 0 Å². The van der Waals surface area contributed by atoms with E-state index in [4.69, 9.17) is 5.73 Å². The van der Waals surface area contributed by atoms with E-state index in [1.165, 1.54) is 32.2 Å². The van der Waals surface area contributed by atoms with Crippen LogP contribution < -0.4 is 11.1 Å². The van der Waals surface area contributed by atoms with Crippen LogP contribution in [0.4, 0.5) is 0 Å². The number of likely N-dealkylation sites (N-methyl/N-ethyl adjacent to an activating group) is 1. The molecule has 0 spiro atoms. The molecule has 3 N–H and O–H groups in total. The number of carbonyl (C=O) groups excluding carboxylic acids is 1. The molecule has 0 aromatic heterocycles. The third-order valence-electron chi connectivity index (χ3n) is 5.13. The molecule has 19 heavy (non-hydrogen) atoms. The van der Waals surface area contributed by atoms with Gasteiger partial charge in [0.15, 0.2) is 0 Å². The second kappa shape index (κ2) is 5.06. The molecule has 4 nitrogen and oxygen atoms in total. The average Bonchev–Trinajstić information content (AvgIpc) is 3.27. The van der Waals surface area contributed by atoms with E-state index in [1.54, 1.807) is 0 Å². The zero-order chi connectivity index (χ0) is 13.5. The van der Waals surface area contributed by atoms with Crippen LogP contribution in [0.3, 0.4) is 0 Å². The van der Waals surface area contributed by atoms with Crippen molar-refractivity contribution >= 4 is 5.91 Å². The van der Waals surface area contributed by atoms with E-state index in [2.05, 4.69) is 17.1 Å². The van der Waals surface area contributed by atoms with Crippen LogP contribution in [0, 0.1) is 5.92 Å². The molecule has 2 unspecified atom stereocenters. The van der Waals surface area contributed by atoms with Gasteiger partial charge in [-0.2, -0.15) is 0 Å². The van der Waals surface area contributed by atoms with E-state index in [1.807, 2.05) is 0 Å². The zero-order valence-corrected chi connectivity index (χ0v) is 12.0.